The molecule has 0 aliphatic carbocycles. The van der Waals surface area contributed by atoms with Gasteiger partial charge in [0.15, 0.2) is 0 Å². The van der Waals surface area contributed by atoms with Gasteiger partial charge in [-0.15, -0.1) is 0 Å². The van der Waals surface area contributed by atoms with Gasteiger partial charge in [-0.1, -0.05) is 55.3 Å². The Morgan fingerprint density at radius 1 is 1.28 bits per heavy atom. The minimum Gasteiger partial charge on any atom is -0.317 e. The average Bonchev–Trinajstić information content (AvgIpc) is 2.35. The molecule has 2 atom stereocenters. The Labute approximate surface area is 120 Å². The third-order valence-electron chi connectivity index (χ3n) is 3.53. The van der Waals surface area contributed by atoms with Crippen molar-refractivity contribution in [2.45, 2.75) is 40.0 Å². The van der Waals surface area contributed by atoms with Crippen molar-refractivity contribution in [3.05, 3.63) is 34.3 Å². The first-order valence-electron chi connectivity index (χ1n) is 7.10. The highest BCUT2D eigenvalue weighted by atomic mass is 79.9. The molecule has 18 heavy (non-hydrogen) atoms. The summed E-state index contributed by atoms with van der Waals surface area (Å²) in [6.07, 6.45) is 3.77. The zero-order valence-corrected chi connectivity index (χ0v) is 13.5. The van der Waals surface area contributed by atoms with E-state index >= 15 is 0 Å². The monoisotopic (exact) mass is 311 g/mol. The Kier molecular flexibility index (Phi) is 7.60. The van der Waals surface area contributed by atoms with E-state index in [9.17, 15) is 0 Å². The van der Waals surface area contributed by atoms with E-state index in [1.54, 1.807) is 0 Å². The summed E-state index contributed by atoms with van der Waals surface area (Å²) in [6.45, 7) is 9.02. The van der Waals surface area contributed by atoms with Crippen molar-refractivity contribution >= 4 is 15.9 Å². The molecule has 1 rings (SSSR count). The van der Waals surface area contributed by atoms with Gasteiger partial charge in [-0.2, -0.15) is 0 Å². The van der Waals surface area contributed by atoms with E-state index in [1.807, 2.05) is 0 Å². The maximum absolute atomic E-state index is 3.55. The first-order valence-corrected chi connectivity index (χ1v) is 7.90. The van der Waals surface area contributed by atoms with Gasteiger partial charge in [0.2, 0.25) is 0 Å². The molecule has 0 saturated heterocycles. The van der Waals surface area contributed by atoms with Gasteiger partial charge >= 0.3 is 0 Å². The van der Waals surface area contributed by atoms with Crippen molar-refractivity contribution in [2.24, 2.45) is 11.8 Å². The molecule has 0 heterocycles. The summed E-state index contributed by atoms with van der Waals surface area (Å²) < 4.78 is 1.19. The zero-order valence-electron chi connectivity index (χ0n) is 11.9. The van der Waals surface area contributed by atoms with Gasteiger partial charge in [0.1, 0.15) is 0 Å². The largest absolute Gasteiger partial charge is 0.317 e. The number of benzene rings is 1. The highest BCUT2D eigenvalue weighted by molar-refractivity contribution is 9.10. The zero-order chi connectivity index (χ0) is 13.4. The molecule has 0 bridgehead atoms. The quantitative estimate of drug-likeness (QED) is 0.736. The van der Waals surface area contributed by atoms with Gasteiger partial charge in [0, 0.05) is 4.47 Å². The van der Waals surface area contributed by atoms with Crippen LogP contribution in [0, 0.1) is 11.8 Å². The minimum atomic E-state index is 0.745. The van der Waals surface area contributed by atoms with Crippen LogP contribution in [0.25, 0.3) is 0 Å². The highest BCUT2D eigenvalue weighted by Crippen LogP contribution is 2.21. The number of nitrogens with one attached hydrogen (secondary N) is 1. The van der Waals surface area contributed by atoms with Crippen molar-refractivity contribution in [3.8, 4) is 0 Å². The van der Waals surface area contributed by atoms with Crippen molar-refractivity contribution in [3.63, 3.8) is 0 Å². The summed E-state index contributed by atoms with van der Waals surface area (Å²) in [5.41, 5.74) is 1.44. The number of rotatable bonds is 8. The van der Waals surface area contributed by atoms with E-state index in [1.165, 1.54) is 29.3 Å². The van der Waals surface area contributed by atoms with Gasteiger partial charge in [0.05, 0.1) is 0 Å². The predicted molar refractivity (Wildman–Crippen MR) is 84.0 cm³/mol. The Morgan fingerprint density at radius 2 is 2.06 bits per heavy atom. The lowest BCUT2D eigenvalue weighted by atomic mass is 9.89. The summed E-state index contributed by atoms with van der Waals surface area (Å²) in [5, 5.41) is 3.50. The normalized spacial score (nSPS) is 14.4. The van der Waals surface area contributed by atoms with Crippen LogP contribution in [-0.4, -0.2) is 13.1 Å². The molecular weight excluding hydrogens is 286 g/mol. The van der Waals surface area contributed by atoms with E-state index in [-0.39, 0.29) is 0 Å². The first kappa shape index (κ1) is 15.7. The fourth-order valence-corrected chi connectivity index (χ4v) is 2.77. The fraction of sp³-hybridized carbons (Fsp3) is 0.625. The van der Waals surface area contributed by atoms with Gasteiger partial charge in [0.25, 0.3) is 0 Å². The third-order valence-corrected chi connectivity index (χ3v) is 4.02. The van der Waals surface area contributed by atoms with Gasteiger partial charge in [-0.3, -0.25) is 0 Å². The van der Waals surface area contributed by atoms with Crippen LogP contribution >= 0.6 is 15.9 Å². The molecule has 2 heteroatoms. The summed E-state index contributed by atoms with van der Waals surface area (Å²) in [5.74, 6) is 1.56. The van der Waals surface area contributed by atoms with Crippen LogP contribution in [0.2, 0.25) is 0 Å². The standard InChI is InChI=1S/C16H26BrN/c1-4-13(3)9-15(12-18-5-2)10-14-7-6-8-16(17)11-14/h6-8,11,13,15,18H,4-5,9-10,12H2,1-3H3. The van der Waals surface area contributed by atoms with E-state index in [0.717, 1.165) is 24.9 Å². The molecule has 102 valence electrons. The number of hydrogen-bond acceptors (Lipinski definition) is 1. The Bertz CT molecular complexity index is 338. The topological polar surface area (TPSA) is 12.0 Å². The molecule has 1 aromatic carbocycles. The second-order valence-electron chi connectivity index (χ2n) is 5.26. The lowest BCUT2D eigenvalue weighted by molar-refractivity contribution is 0.365. The SMILES string of the molecule is CCNCC(Cc1cccc(Br)c1)CC(C)CC. The molecule has 1 aromatic rings. The van der Waals surface area contributed by atoms with Gasteiger partial charge in [-0.25, -0.2) is 0 Å². The van der Waals surface area contributed by atoms with E-state index in [0.29, 0.717) is 0 Å². The van der Waals surface area contributed by atoms with Crippen LogP contribution in [0.1, 0.15) is 39.2 Å². The Morgan fingerprint density at radius 3 is 2.67 bits per heavy atom. The van der Waals surface area contributed by atoms with Crippen molar-refractivity contribution in [1.82, 2.24) is 5.32 Å². The smallest absolute Gasteiger partial charge is 0.0177 e. The van der Waals surface area contributed by atoms with Crippen LogP contribution in [0.15, 0.2) is 28.7 Å². The lowest BCUT2D eigenvalue weighted by Crippen LogP contribution is -2.25. The van der Waals surface area contributed by atoms with Crippen LogP contribution < -0.4 is 5.32 Å². The second kappa shape index (κ2) is 8.71. The molecule has 0 amide bonds. The minimum absolute atomic E-state index is 0.745. The summed E-state index contributed by atoms with van der Waals surface area (Å²) >= 11 is 3.55. The van der Waals surface area contributed by atoms with E-state index in [4.69, 9.17) is 0 Å². The molecule has 0 spiro atoms. The van der Waals surface area contributed by atoms with Crippen molar-refractivity contribution in [1.29, 1.82) is 0 Å². The fourth-order valence-electron chi connectivity index (χ4n) is 2.32. The maximum atomic E-state index is 3.55. The average molecular weight is 312 g/mol. The Balaban J connectivity index is 2.59. The summed E-state index contributed by atoms with van der Waals surface area (Å²) in [7, 11) is 0. The lowest BCUT2D eigenvalue weighted by Gasteiger charge is -2.21. The van der Waals surface area contributed by atoms with Crippen LogP contribution in [0.4, 0.5) is 0 Å². The summed E-state index contributed by atoms with van der Waals surface area (Å²) in [4.78, 5) is 0. The Hall–Kier alpha value is -0.340. The van der Waals surface area contributed by atoms with E-state index in [2.05, 4.69) is 66.3 Å². The number of halogens is 1. The molecule has 0 fully saturated rings. The molecule has 0 aromatic heterocycles. The molecular formula is C16H26BrN. The van der Waals surface area contributed by atoms with Crippen molar-refractivity contribution in [2.75, 3.05) is 13.1 Å². The molecule has 0 aliphatic rings. The van der Waals surface area contributed by atoms with Crippen LogP contribution in [0.3, 0.4) is 0 Å². The number of hydrogen-bond donors (Lipinski definition) is 1. The second-order valence-corrected chi connectivity index (χ2v) is 6.17. The van der Waals surface area contributed by atoms with Crippen molar-refractivity contribution < 1.29 is 0 Å². The van der Waals surface area contributed by atoms with E-state index < -0.39 is 0 Å². The molecule has 0 radical (unpaired) electrons. The highest BCUT2D eigenvalue weighted by Gasteiger charge is 2.13. The van der Waals surface area contributed by atoms with Gasteiger partial charge in [-0.05, 0) is 55.5 Å². The predicted octanol–water partition coefficient (Wildman–Crippen LogP) is 4.65. The molecule has 1 N–H and O–H groups in total. The first-order chi connectivity index (χ1) is 8.65. The van der Waals surface area contributed by atoms with Crippen LogP contribution in [0.5, 0.6) is 0 Å². The molecule has 1 nitrogen and oxygen atoms in total. The summed E-state index contributed by atoms with van der Waals surface area (Å²) in [6, 6.07) is 8.71. The molecule has 0 aliphatic heterocycles. The maximum Gasteiger partial charge on any atom is 0.0177 e. The van der Waals surface area contributed by atoms with Gasteiger partial charge < -0.3 is 5.32 Å². The molecule has 2 unspecified atom stereocenters. The molecule has 0 saturated carbocycles. The third kappa shape index (κ3) is 6.01. The van der Waals surface area contributed by atoms with Crippen LogP contribution in [-0.2, 0) is 6.42 Å².